The van der Waals surface area contributed by atoms with Crippen LogP contribution in [0.15, 0.2) is 0 Å². The lowest BCUT2D eigenvalue weighted by Crippen LogP contribution is -2.21. The van der Waals surface area contributed by atoms with Gasteiger partial charge < -0.3 is 5.11 Å². The largest absolute Gasteiger partial charge is 0.396 e. The molecule has 0 aliphatic rings. The minimum Gasteiger partial charge on any atom is -0.396 e. The van der Waals surface area contributed by atoms with Gasteiger partial charge in [0.15, 0.2) is 0 Å². The smallest absolute Gasteiger partial charge is 0.0433 e. The molecule has 0 aliphatic heterocycles. The van der Waals surface area contributed by atoms with E-state index in [1.165, 1.54) is 6.42 Å². The van der Waals surface area contributed by atoms with Crippen molar-refractivity contribution in [3.63, 3.8) is 0 Å². The Morgan fingerprint density at radius 3 is 2.20 bits per heavy atom. The van der Waals surface area contributed by atoms with Crippen molar-refractivity contribution < 1.29 is 5.11 Å². The van der Waals surface area contributed by atoms with Crippen molar-refractivity contribution in [3.8, 4) is 0 Å². The third-order valence-electron chi connectivity index (χ3n) is 2.81. The monoisotopic (exact) mass is 144 g/mol. The Hall–Kier alpha value is -0.0400. The Bertz CT molecular complexity index is 86.7. The zero-order valence-corrected chi connectivity index (χ0v) is 7.65. The first-order valence-electron chi connectivity index (χ1n) is 4.15. The molecule has 0 saturated heterocycles. The summed E-state index contributed by atoms with van der Waals surface area (Å²) in [7, 11) is 0. The minimum atomic E-state index is 0.324. The fraction of sp³-hybridized carbons (Fsp3) is 1.00. The van der Waals surface area contributed by atoms with Crippen LogP contribution >= 0.6 is 0 Å². The van der Waals surface area contributed by atoms with Gasteiger partial charge in [-0.05, 0) is 17.8 Å². The van der Waals surface area contributed by atoms with Crippen molar-refractivity contribution in [3.05, 3.63) is 0 Å². The molecule has 1 atom stereocenters. The molecule has 1 unspecified atom stereocenters. The molecule has 0 aromatic rings. The van der Waals surface area contributed by atoms with Crippen LogP contribution in [0.5, 0.6) is 0 Å². The molecular formula is C9H20O. The Labute approximate surface area is 64.5 Å². The molecule has 0 amide bonds. The van der Waals surface area contributed by atoms with E-state index >= 15 is 0 Å². The SMILES string of the molecule is CCC(C)(C)C(C)CCO. The summed E-state index contributed by atoms with van der Waals surface area (Å²) in [6, 6.07) is 0. The second-order valence-corrected chi connectivity index (χ2v) is 3.76. The van der Waals surface area contributed by atoms with Gasteiger partial charge in [0, 0.05) is 6.61 Å². The highest BCUT2D eigenvalue weighted by Gasteiger charge is 2.22. The van der Waals surface area contributed by atoms with Gasteiger partial charge in [-0.3, -0.25) is 0 Å². The van der Waals surface area contributed by atoms with E-state index in [0.29, 0.717) is 17.9 Å². The zero-order valence-electron chi connectivity index (χ0n) is 7.65. The molecule has 0 spiro atoms. The van der Waals surface area contributed by atoms with E-state index in [9.17, 15) is 0 Å². The minimum absolute atomic E-state index is 0.324. The molecule has 1 N–H and O–H groups in total. The molecule has 10 heavy (non-hydrogen) atoms. The van der Waals surface area contributed by atoms with Crippen molar-refractivity contribution in [1.29, 1.82) is 0 Å². The number of hydrogen-bond acceptors (Lipinski definition) is 1. The average Bonchev–Trinajstić information content (AvgIpc) is 1.89. The molecule has 0 bridgehead atoms. The lowest BCUT2D eigenvalue weighted by Gasteiger charge is -2.30. The van der Waals surface area contributed by atoms with Gasteiger partial charge in [0.25, 0.3) is 0 Å². The first kappa shape index (κ1) is 9.96. The van der Waals surface area contributed by atoms with E-state index in [0.717, 1.165) is 6.42 Å². The van der Waals surface area contributed by atoms with Crippen LogP contribution in [-0.2, 0) is 0 Å². The van der Waals surface area contributed by atoms with Crippen LogP contribution in [0.1, 0.15) is 40.5 Å². The van der Waals surface area contributed by atoms with Crippen LogP contribution in [0.3, 0.4) is 0 Å². The Kier molecular flexibility index (Phi) is 3.95. The summed E-state index contributed by atoms with van der Waals surface area (Å²) in [6.07, 6.45) is 2.12. The summed E-state index contributed by atoms with van der Waals surface area (Å²) >= 11 is 0. The molecule has 1 nitrogen and oxygen atoms in total. The van der Waals surface area contributed by atoms with Crippen LogP contribution in [0, 0.1) is 11.3 Å². The predicted octanol–water partition coefficient (Wildman–Crippen LogP) is 2.44. The summed E-state index contributed by atoms with van der Waals surface area (Å²) < 4.78 is 0. The van der Waals surface area contributed by atoms with E-state index in [1.807, 2.05) is 0 Å². The first-order valence-corrected chi connectivity index (χ1v) is 4.15. The normalized spacial score (nSPS) is 15.3. The van der Waals surface area contributed by atoms with Gasteiger partial charge in [-0.1, -0.05) is 34.1 Å². The zero-order chi connectivity index (χ0) is 8.20. The Morgan fingerprint density at radius 1 is 1.40 bits per heavy atom. The predicted molar refractivity (Wildman–Crippen MR) is 44.9 cm³/mol. The second kappa shape index (κ2) is 3.97. The van der Waals surface area contributed by atoms with E-state index < -0.39 is 0 Å². The standard InChI is InChI=1S/C9H20O/c1-5-9(3,4)8(2)6-7-10/h8,10H,5-7H2,1-4H3. The Balaban J connectivity index is 3.78. The third kappa shape index (κ3) is 2.70. The van der Waals surface area contributed by atoms with Gasteiger partial charge in [-0.25, -0.2) is 0 Å². The molecule has 0 saturated carbocycles. The van der Waals surface area contributed by atoms with Gasteiger partial charge >= 0.3 is 0 Å². The average molecular weight is 144 g/mol. The maximum Gasteiger partial charge on any atom is 0.0433 e. The lowest BCUT2D eigenvalue weighted by molar-refractivity contribution is 0.167. The Morgan fingerprint density at radius 2 is 1.90 bits per heavy atom. The van der Waals surface area contributed by atoms with E-state index in [1.54, 1.807) is 0 Å². The number of hydrogen-bond donors (Lipinski definition) is 1. The first-order chi connectivity index (χ1) is 4.54. The summed E-state index contributed by atoms with van der Waals surface area (Å²) in [5, 5.41) is 8.70. The topological polar surface area (TPSA) is 20.2 Å². The number of aliphatic hydroxyl groups is 1. The molecular weight excluding hydrogens is 124 g/mol. The fourth-order valence-electron chi connectivity index (χ4n) is 0.933. The third-order valence-corrected chi connectivity index (χ3v) is 2.81. The van der Waals surface area contributed by atoms with Crippen LogP contribution in [0.2, 0.25) is 0 Å². The van der Waals surface area contributed by atoms with Crippen LogP contribution in [0.25, 0.3) is 0 Å². The molecule has 1 heteroatoms. The highest BCUT2D eigenvalue weighted by molar-refractivity contribution is 4.72. The van der Waals surface area contributed by atoms with Gasteiger partial charge in [0.2, 0.25) is 0 Å². The van der Waals surface area contributed by atoms with Crippen molar-refractivity contribution in [2.75, 3.05) is 6.61 Å². The van der Waals surface area contributed by atoms with Crippen molar-refractivity contribution in [1.82, 2.24) is 0 Å². The van der Waals surface area contributed by atoms with E-state index in [4.69, 9.17) is 5.11 Å². The fourth-order valence-corrected chi connectivity index (χ4v) is 0.933. The van der Waals surface area contributed by atoms with E-state index in [2.05, 4.69) is 27.7 Å². The van der Waals surface area contributed by atoms with Crippen molar-refractivity contribution >= 4 is 0 Å². The van der Waals surface area contributed by atoms with Gasteiger partial charge in [-0.2, -0.15) is 0 Å². The van der Waals surface area contributed by atoms with Gasteiger partial charge in [-0.15, -0.1) is 0 Å². The summed E-state index contributed by atoms with van der Waals surface area (Å²) in [6.45, 7) is 9.25. The summed E-state index contributed by atoms with van der Waals surface area (Å²) in [5.41, 5.74) is 0.392. The molecule has 0 heterocycles. The van der Waals surface area contributed by atoms with E-state index in [-0.39, 0.29) is 0 Å². The van der Waals surface area contributed by atoms with Gasteiger partial charge in [0.1, 0.15) is 0 Å². The van der Waals surface area contributed by atoms with Crippen LogP contribution in [-0.4, -0.2) is 11.7 Å². The molecule has 0 aliphatic carbocycles. The molecule has 62 valence electrons. The lowest BCUT2D eigenvalue weighted by atomic mass is 9.76. The van der Waals surface area contributed by atoms with Crippen LogP contribution in [0.4, 0.5) is 0 Å². The summed E-state index contributed by atoms with van der Waals surface area (Å²) in [4.78, 5) is 0. The van der Waals surface area contributed by atoms with Crippen molar-refractivity contribution in [2.24, 2.45) is 11.3 Å². The van der Waals surface area contributed by atoms with Gasteiger partial charge in [0.05, 0.1) is 0 Å². The maximum atomic E-state index is 8.70. The molecule has 0 rings (SSSR count). The molecule has 0 fully saturated rings. The van der Waals surface area contributed by atoms with Crippen LogP contribution < -0.4 is 0 Å². The second-order valence-electron chi connectivity index (χ2n) is 3.76. The maximum absolute atomic E-state index is 8.70. The summed E-state index contributed by atoms with van der Waals surface area (Å²) in [5.74, 6) is 0.627. The molecule has 0 radical (unpaired) electrons. The molecule has 0 aromatic carbocycles. The quantitative estimate of drug-likeness (QED) is 0.642. The van der Waals surface area contributed by atoms with Crippen molar-refractivity contribution in [2.45, 2.75) is 40.5 Å². The number of aliphatic hydroxyl groups excluding tert-OH is 1. The molecule has 0 aromatic heterocycles. The highest BCUT2D eigenvalue weighted by atomic mass is 16.3. The highest BCUT2D eigenvalue weighted by Crippen LogP contribution is 2.31. The number of rotatable bonds is 4.